The van der Waals surface area contributed by atoms with Gasteiger partial charge in [0.15, 0.2) is 0 Å². The summed E-state index contributed by atoms with van der Waals surface area (Å²) in [6.45, 7) is 3.91. The Morgan fingerprint density at radius 1 is 1.00 bits per heavy atom. The number of nitrogens with zero attached hydrogens (tertiary/aromatic N) is 1. The first-order valence-electron chi connectivity index (χ1n) is 7.35. The van der Waals surface area contributed by atoms with Crippen LogP contribution in [-0.4, -0.2) is 21.8 Å². The van der Waals surface area contributed by atoms with Crippen LogP contribution in [0.5, 0.6) is 0 Å². The Kier molecular flexibility index (Phi) is 4.13. The van der Waals surface area contributed by atoms with E-state index in [1.54, 1.807) is 30.3 Å². The molecule has 0 aliphatic carbocycles. The summed E-state index contributed by atoms with van der Waals surface area (Å²) in [4.78, 5) is 26.3. The quantitative estimate of drug-likeness (QED) is 0.797. The van der Waals surface area contributed by atoms with Gasteiger partial charge >= 0.3 is 0 Å². The van der Waals surface area contributed by atoms with Crippen LogP contribution in [-0.2, 0) is 20.4 Å². The number of hydrogen-bond acceptors (Lipinski definition) is 3. The molecule has 5 heteroatoms. The van der Waals surface area contributed by atoms with Crippen LogP contribution in [0.3, 0.4) is 0 Å². The summed E-state index contributed by atoms with van der Waals surface area (Å²) < 4.78 is 12.4. The lowest BCUT2D eigenvalue weighted by molar-refractivity contribution is -0.125. The molecule has 0 unspecified atom stereocenters. The van der Waals surface area contributed by atoms with Crippen LogP contribution >= 0.6 is 0 Å². The molecule has 0 aromatic heterocycles. The van der Waals surface area contributed by atoms with Crippen molar-refractivity contribution in [1.82, 2.24) is 0 Å². The third kappa shape index (κ3) is 2.84. The number of rotatable bonds is 2. The van der Waals surface area contributed by atoms with Gasteiger partial charge in [-0.2, -0.15) is 0 Å². The molecule has 1 heterocycles. The van der Waals surface area contributed by atoms with Crippen LogP contribution < -0.4 is 4.90 Å². The fraction of sp³-hybridized carbons (Fsp3) is 0.222. The summed E-state index contributed by atoms with van der Waals surface area (Å²) in [5.74, 6) is -0.976. The maximum Gasteiger partial charge on any atom is 0.254 e. The van der Waals surface area contributed by atoms with Gasteiger partial charge in [0, 0.05) is 10.8 Å². The highest BCUT2D eigenvalue weighted by Crippen LogP contribution is 2.31. The summed E-state index contributed by atoms with van der Waals surface area (Å²) in [6, 6.07) is 14.5. The molecule has 2 amide bonds. The zero-order chi connectivity index (χ0) is 16.6. The molecule has 118 valence electrons. The standard InChI is InChI=1S/C18H17NO3S/c1-12-8-9-15(10-13(12)2)19-16(20)11-23(22)17(18(19)21)14-6-4-3-5-7-14/h3-10,17H,11H2,1-2H3/t17-,23-/m1/s1. The average molecular weight is 327 g/mol. The maximum atomic E-state index is 12.9. The predicted octanol–water partition coefficient (Wildman–Crippen LogP) is 2.67. The molecule has 2 aromatic rings. The maximum absolute atomic E-state index is 12.9. The molecule has 23 heavy (non-hydrogen) atoms. The molecular formula is C18H17NO3S. The smallest absolute Gasteiger partial charge is 0.254 e. The average Bonchev–Trinajstić information content (AvgIpc) is 2.51. The number of carbonyl (C=O) groups is 2. The molecule has 0 radical (unpaired) electrons. The highest BCUT2D eigenvalue weighted by Gasteiger charge is 2.41. The third-order valence-electron chi connectivity index (χ3n) is 4.07. The largest absolute Gasteiger partial charge is 0.273 e. The van der Waals surface area contributed by atoms with E-state index in [9.17, 15) is 13.8 Å². The second-order valence-corrected chi connectivity index (χ2v) is 7.17. The topological polar surface area (TPSA) is 54.5 Å². The number of aryl methyl sites for hydroxylation is 2. The molecule has 1 aliphatic heterocycles. The number of anilines is 1. The van der Waals surface area contributed by atoms with Crippen molar-refractivity contribution in [1.29, 1.82) is 0 Å². The molecule has 0 bridgehead atoms. The molecule has 1 aliphatic rings. The highest BCUT2D eigenvalue weighted by molar-refractivity contribution is 7.87. The van der Waals surface area contributed by atoms with E-state index in [4.69, 9.17) is 0 Å². The molecular weight excluding hydrogens is 310 g/mol. The zero-order valence-corrected chi connectivity index (χ0v) is 13.8. The van der Waals surface area contributed by atoms with Crippen LogP contribution in [0.1, 0.15) is 21.9 Å². The van der Waals surface area contributed by atoms with E-state index < -0.39 is 27.9 Å². The summed E-state index contributed by atoms with van der Waals surface area (Å²) >= 11 is 0. The lowest BCUT2D eigenvalue weighted by atomic mass is 10.1. The van der Waals surface area contributed by atoms with E-state index >= 15 is 0 Å². The van der Waals surface area contributed by atoms with Crippen LogP contribution in [0.4, 0.5) is 5.69 Å². The predicted molar refractivity (Wildman–Crippen MR) is 90.6 cm³/mol. The van der Waals surface area contributed by atoms with E-state index in [1.165, 1.54) is 4.90 Å². The normalized spacial score (nSPS) is 21.6. The lowest BCUT2D eigenvalue weighted by Crippen LogP contribution is -2.49. The highest BCUT2D eigenvalue weighted by atomic mass is 32.2. The van der Waals surface area contributed by atoms with E-state index in [1.807, 2.05) is 32.0 Å². The van der Waals surface area contributed by atoms with Crippen molar-refractivity contribution in [2.45, 2.75) is 19.1 Å². The molecule has 2 aromatic carbocycles. The molecule has 4 nitrogen and oxygen atoms in total. The van der Waals surface area contributed by atoms with Crippen molar-refractivity contribution in [3.8, 4) is 0 Å². The monoisotopic (exact) mass is 327 g/mol. The minimum atomic E-state index is -1.53. The first-order valence-corrected chi connectivity index (χ1v) is 8.73. The van der Waals surface area contributed by atoms with Gasteiger partial charge in [-0.05, 0) is 42.7 Å². The summed E-state index contributed by atoms with van der Waals surface area (Å²) in [7, 11) is -1.53. The number of amides is 2. The molecule has 0 spiro atoms. The number of benzene rings is 2. The summed E-state index contributed by atoms with van der Waals surface area (Å²) in [5, 5.41) is -0.796. The Morgan fingerprint density at radius 2 is 1.70 bits per heavy atom. The SMILES string of the molecule is Cc1ccc(N2C(=O)C[S@@](=O)[C@H](c3ccccc3)C2=O)cc1C. The first kappa shape index (κ1) is 15.6. The van der Waals surface area contributed by atoms with E-state index in [-0.39, 0.29) is 5.75 Å². The van der Waals surface area contributed by atoms with Crippen LogP contribution in [0.15, 0.2) is 48.5 Å². The van der Waals surface area contributed by atoms with Crippen molar-refractivity contribution in [2.24, 2.45) is 0 Å². The fourth-order valence-corrected chi connectivity index (χ4v) is 4.01. The van der Waals surface area contributed by atoms with Gasteiger partial charge in [-0.3, -0.25) is 13.8 Å². The minimum Gasteiger partial charge on any atom is -0.273 e. The zero-order valence-electron chi connectivity index (χ0n) is 13.0. The van der Waals surface area contributed by atoms with Crippen LogP contribution in [0, 0.1) is 13.8 Å². The lowest BCUT2D eigenvalue weighted by Gasteiger charge is -2.30. The van der Waals surface area contributed by atoms with Crippen molar-refractivity contribution in [2.75, 3.05) is 10.7 Å². The van der Waals surface area contributed by atoms with Crippen molar-refractivity contribution < 1.29 is 13.8 Å². The third-order valence-corrected chi connectivity index (χ3v) is 5.60. The summed E-state index contributed by atoms with van der Waals surface area (Å²) in [5.41, 5.74) is 3.32. The van der Waals surface area contributed by atoms with Crippen LogP contribution in [0.2, 0.25) is 0 Å². The fourth-order valence-electron chi connectivity index (χ4n) is 2.68. The second kappa shape index (κ2) is 6.08. The molecule has 0 N–H and O–H groups in total. The molecule has 2 atom stereocenters. The van der Waals surface area contributed by atoms with Gasteiger partial charge in [0.05, 0.1) is 5.69 Å². The van der Waals surface area contributed by atoms with Gasteiger partial charge in [-0.1, -0.05) is 36.4 Å². The molecule has 1 saturated heterocycles. The van der Waals surface area contributed by atoms with Gasteiger partial charge in [0.2, 0.25) is 5.91 Å². The van der Waals surface area contributed by atoms with Gasteiger partial charge in [0.25, 0.3) is 5.91 Å². The van der Waals surface area contributed by atoms with Gasteiger partial charge < -0.3 is 0 Å². The molecule has 1 fully saturated rings. The minimum absolute atomic E-state index is 0.141. The first-order chi connectivity index (χ1) is 11.0. The Balaban J connectivity index is 2.03. The van der Waals surface area contributed by atoms with E-state index in [2.05, 4.69) is 0 Å². The van der Waals surface area contributed by atoms with Gasteiger partial charge in [-0.25, -0.2) is 4.90 Å². The van der Waals surface area contributed by atoms with Crippen LogP contribution in [0.25, 0.3) is 0 Å². The second-order valence-electron chi connectivity index (χ2n) is 5.65. The Morgan fingerprint density at radius 3 is 2.35 bits per heavy atom. The molecule has 0 saturated carbocycles. The number of hydrogen-bond donors (Lipinski definition) is 0. The van der Waals surface area contributed by atoms with E-state index in [0.717, 1.165) is 11.1 Å². The van der Waals surface area contributed by atoms with Crippen molar-refractivity contribution >= 4 is 28.3 Å². The van der Waals surface area contributed by atoms with Crippen molar-refractivity contribution in [3.63, 3.8) is 0 Å². The Hall–Kier alpha value is -2.27. The van der Waals surface area contributed by atoms with E-state index in [0.29, 0.717) is 11.3 Å². The summed E-state index contributed by atoms with van der Waals surface area (Å²) in [6.07, 6.45) is 0. The van der Waals surface area contributed by atoms with Gasteiger partial charge in [-0.15, -0.1) is 0 Å². The molecule has 3 rings (SSSR count). The number of imide groups is 1. The Bertz CT molecular complexity index is 801. The van der Waals surface area contributed by atoms with Gasteiger partial charge in [0.1, 0.15) is 11.0 Å². The number of carbonyl (C=O) groups excluding carboxylic acids is 2. The Labute approximate surface area is 137 Å². The van der Waals surface area contributed by atoms with Crippen molar-refractivity contribution in [3.05, 3.63) is 65.2 Å².